The molecule has 8 heteroatoms. The van der Waals surface area contributed by atoms with Crippen molar-refractivity contribution in [1.82, 2.24) is 9.62 Å². The molecule has 0 saturated carbocycles. The van der Waals surface area contributed by atoms with Crippen molar-refractivity contribution in [2.24, 2.45) is 0 Å². The number of ether oxygens (including phenoxy) is 1. The van der Waals surface area contributed by atoms with Crippen LogP contribution in [0.15, 0.2) is 17.0 Å². The first-order valence-electron chi connectivity index (χ1n) is 6.07. The third kappa shape index (κ3) is 2.56. The van der Waals surface area contributed by atoms with Crippen LogP contribution in [0.1, 0.15) is 5.56 Å². The first kappa shape index (κ1) is 14.6. The Morgan fingerprint density at radius 2 is 2.10 bits per heavy atom. The molecule has 1 heterocycles. The number of rotatable bonds is 3. The molecular weight excluding hydrogens is 282 g/mol. The number of methoxy groups -OCH3 is 1. The third-order valence-electron chi connectivity index (χ3n) is 3.17. The molecule has 1 aromatic rings. The van der Waals surface area contributed by atoms with Crippen molar-refractivity contribution >= 4 is 21.6 Å². The second kappa shape index (κ2) is 5.29. The number of anilines is 1. The molecule has 1 amide bonds. The molecule has 20 heavy (non-hydrogen) atoms. The molecule has 0 bridgehead atoms. The highest BCUT2D eigenvalue weighted by Crippen LogP contribution is 2.31. The van der Waals surface area contributed by atoms with Crippen molar-refractivity contribution in [2.45, 2.75) is 11.8 Å². The lowest BCUT2D eigenvalue weighted by Crippen LogP contribution is -2.49. The van der Waals surface area contributed by atoms with Gasteiger partial charge in [-0.05, 0) is 24.6 Å². The lowest BCUT2D eigenvalue weighted by molar-refractivity contribution is -0.122. The molecule has 1 aliphatic rings. The lowest BCUT2D eigenvalue weighted by atomic mass is 10.2. The number of sulfonamides is 1. The fourth-order valence-electron chi connectivity index (χ4n) is 2.00. The quantitative estimate of drug-likeness (QED) is 0.747. The molecule has 7 nitrogen and oxygen atoms in total. The van der Waals surface area contributed by atoms with Crippen molar-refractivity contribution in [3.05, 3.63) is 17.7 Å². The van der Waals surface area contributed by atoms with Crippen LogP contribution < -0.4 is 15.8 Å². The minimum Gasteiger partial charge on any atom is -0.495 e. The van der Waals surface area contributed by atoms with Gasteiger partial charge in [-0.15, -0.1) is 0 Å². The number of piperazine rings is 1. The van der Waals surface area contributed by atoms with Gasteiger partial charge >= 0.3 is 0 Å². The Balaban J connectivity index is 2.48. The van der Waals surface area contributed by atoms with Gasteiger partial charge in [0.15, 0.2) is 0 Å². The fraction of sp³-hybridized carbons (Fsp3) is 0.417. The number of nitrogen functional groups attached to an aromatic ring is 1. The van der Waals surface area contributed by atoms with Gasteiger partial charge in [0.1, 0.15) is 10.6 Å². The van der Waals surface area contributed by atoms with Crippen LogP contribution in [0.4, 0.5) is 5.69 Å². The van der Waals surface area contributed by atoms with Crippen molar-refractivity contribution in [2.75, 3.05) is 32.5 Å². The number of carbonyl (C=O) groups is 1. The predicted molar refractivity (Wildman–Crippen MR) is 73.9 cm³/mol. The minimum atomic E-state index is -3.81. The summed E-state index contributed by atoms with van der Waals surface area (Å²) in [5.41, 5.74) is 6.88. The molecule has 110 valence electrons. The van der Waals surface area contributed by atoms with Gasteiger partial charge in [-0.25, -0.2) is 8.42 Å². The summed E-state index contributed by atoms with van der Waals surface area (Å²) in [5, 5.41) is 2.58. The number of nitrogens with zero attached hydrogens (tertiary/aromatic N) is 1. The largest absolute Gasteiger partial charge is 0.495 e. The second-order valence-electron chi connectivity index (χ2n) is 4.55. The summed E-state index contributed by atoms with van der Waals surface area (Å²) in [5.74, 6) is -0.0958. The molecule has 0 aliphatic carbocycles. The highest BCUT2D eigenvalue weighted by atomic mass is 32.2. The first-order chi connectivity index (χ1) is 9.36. The van der Waals surface area contributed by atoms with Gasteiger partial charge in [-0.1, -0.05) is 0 Å². The van der Waals surface area contributed by atoms with Crippen LogP contribution in [0, 0.1) is 6.92 Å². The summed E-state index contributed by atoms with van der Waals surface area (Å²) in [6, 6.07) is 2.95. The van der Waals surface area contributed by atoms with Gasteiger partial charge in [0.2, 0.25) is 15.9 Å². The lowest BCUT2D eigenvalue weighted by Gasteiger charge is -2.26. The van der Waals surface area contributed by atoms with Crippen LogP contribution >= 0.6 is 0 Å². The first-order valence-corrected chi connectivity index (χ1v) is 7.51. The fourth-order valence-corrected chi connectivity index (χ4v) is 3.57. The Morgan fingerprint density at radius 1 is 1.40 bits per heavy atom. The Hall–Kier alpha value is -1.80. The van der Waals surface area contributed by atoms with Crippen LogP contribution in [0.5, 0.6) is 5.75 Å². The summed E-state index contributed by atoms with van der Waals surface area (Å²) in [6.07, 6.45) is 0. The monoisotopic (exact) mass is 299 g/mol. The zero-order chi connectivity index (χ0) is 14.9. The van der Waals surface area contributed by atoms with Crippen LogP contribution in [-0.4, -0.2) is 45.4 Å². The number of benzene rings is 1. The third-order valence-corrected chi connectivity index (χ3v) is 5.04. The SMILES string of the molecule is COc1cc(C)c(N)cc1S(=O)(=O)N1CCNC(=O)C1. The Morgan fingerprint density at radius 3 is 2.70 bits per heavy atom. The molecule has 1 aromatic carbocycles. The molecule has 1 aliphatic heterocycles. The number of carbonyl (C=O) groups excluding carboxylic acids is 1. The summed E-state index contributed by atoms with van der Waals surface area (Å²) in [7, 11) is -2.41. The summed E-state index contributed by atoms with van der Waals surface area (Å²) >= 11 is 0. The van der Waals surface area contributed by atoms with Crippen molar-refractivity contribution < 1.29 is 17.9 Å². The van der Waals surface area contributed by atoms with E-state index in [0.29, 0.717) is 12.2 Å². The maximum atomic E-state index is 12.6. The molecule has 1 fully saturated rings. The molecule has 0 atom stereocenters. The van der Waals surface area contributed by atoms with E-state index in [1.165, 1.54) is 13.2 Å². The maximum Gasteiger partial charge on any atom is 0.247 e. The van der Waals surface area contributed by atoms with Gasteiger partial charge < -0.3 is 15.8 Å². The molecule has 0 spiro atoms. The molecule has 1 saturated heterocycles. The Bertz CT molecular complexity index is 642. The summed E-state index contributed by atoms with van der Waals surface area (Å²) in [4.78, 5) is 11.3. The molecule has 2 rings (SSSR count). The highest BCUT2D eigenvalue weighted by molar-refractivity contribution is 7.89. The Labute approximate surface area is 117 Å². The van der Waals surface area contributed by atoms with Crippen LogP contribution in [0.25, 0.3) is 0 Å². The number of amides is 1. The maximum absolute atomic E-state index is 12.6. The van der Waals surface area contributed by atoms with Gasteiger partial charge in [0.25, 0.3) is 0 Å². The van der Waals surface area contributed by atoms with Gasteiger partial charge in [-0.2, -0.15) is 4.31 Å². The molecule has 0 radical (unpaired) electrons. The molecule has 0 aromatic heterocycles. The van der Waals surface area contributed by atoms with Crippen LogP contribution in [0.3, 0.4) is 0 Å². The average molecular weight is 299 g/mol. The van der Waals surface area contributed by atoms with Crippen molar-refractivity contribution in [3.8, 4) is 5.75 Å². The van der Waals surface area contributed by atoms with Gasteiger partial charge in [0.05, 0.1) is 13.7 Å². The zero-order valence-corrected chi connectivity index (χ0v) is 12.2. The predicted octanol–water partition coefficient (Wildman–Crippen LogP) is -0.294. The molecule has 3 N–H and O–H groups in total. The van der Waals surface area contributed by atoms with E-state index in [2.05, 4.69) is 5.32 Å². The number of hydrogen-bond donors (Lipinski definition) is 2. The minimum absolute atomic E-state index is 0.0159. The van der Waals surface area contributed by atoms with E-state index in [-0.39, 0.29) is 29.6 Å². The number of nitrogens with one attached hydrogen (secondary N) is 1. The average Bonchev–Trinajstić information content (AvgIpc) is 2.41. The molecule has 0 unspecified atom stereocenters. The van der Waals surface area contributed by atoms with E-state index in [0.717, 1.165) is 9.87 Å². The van der Waals surface area contributed by atoms with Gasteiger partial charge in [-0.3, -0.25) is 4.79 Å². The van der Waals surface area contributed by atoms with Crippen LogP contribution in [-0.2, 0) is 14.8 Å². The van der Waals surface area contributed by atoms with Crippen molar-refractivity contribution in [3.63, 3.8) is 0 Å². The number of nitrogens with two attached hydrogens (primary N) is 1. The van der Waals surface area contributed by atoms with E-state index in [4.69, 9.17) is 10.5 Å². The summed E-state index contributed by atoms with van der Waals surface area (Å²) in [6.45, 7) is 2.09. The topological polar surface area (TPSA) is 102 Å². The standard InChI is InChI=1S/C12H17N3O4S/c1-8-5-10(19-2)11(6-9(8)13)20(17,18)15-4-3-14-12(16)7-15/h5-6H,3-4,7,13H2,1-2H3,(H,14,16). The summed E-state index contributed by atoms with van der Waals surface area (Å²) < 4.78 is 31.4. The second-order valence-corrected chi connectivity index (χ2v) is 6.45. The van der Waals surface area contributed by atoms with Crippen LogP contribution in [0.2, 0.25) is 0 Å². The number of hydrogen-bond acceptors (Lipinski definition) is 5. The number of aryl methyl sites for hydroxylation is 1. The highest BCUT2D eigenvalue weighted by Gasteiger charge is 2.31. The molecular formula is C12H17N3O4S. The zero-order valence-electron chi connectivity index (χ0n) is 11.3. The van der Waals surface area contributed by atoms with E-state index in [9.17, 15) is 13.2 Å². The van der Waals surface area contributed by atoms with E-state index in [1.54, 1.807) is 13.0 Å². The van der Waals surface area contributed by atoms with E-state index < -0.39 is 10.0 Å². The van der Waals surface area contributed by atoms with E-state index in [1.807, 2.05) is 0 Å². The van der Waals surface area contributed by atoms with E-state index >= 15 is 0 Å². The smallest absolute Gasteiger partial charge is 0.247 e. The van der Waals surface area contributed by atoms with Crippen molar-refractivity contribution in [1.29, 1.82) is 0 Å². The normalized spacial score (nSPS) is 16.8. The Kier molecular flexibility index (Phi) is 3.87. The van der Waals surface area contributed by atoms with Gasteiger partial charge in [0, 0.05) is 18.8 Å².